The first kappa shape index (κ1) is 9.69. The van der Waals surface area contributed by atoms with E-state index in [0.717, 1.165) is 10.7 Å². The molecule has 1 aromatic carbocycles. The van der Waals surface area contributed by atoms with Gasteiger partial charge in [0.25, 0.3) is 0 Å². The number of benzene rings is 1. The van der Waals surface area contributed by atoms with Crippen LogP contribution in [0.3, 0.4) is 0 Å². The molecule has 0 saturated heterocycles. The first-order chi connectivity index (χ1) is 6.81. The first-order valence-corrected chi connectivity index (χ1v) is 5.89. The van der Waals surface area contributed by atoms with Gasteiger partial charge in [0.1, 0.15) is 0 Å². The predicted molar refractivity (Wildman–Crippen MR) is 62.6 cm³/mol. The summed E-state index contributed by atoms with van der Waals surface area (Å²) in [6.07, 6.45) is 4.11. The molecule has 0 spiro atoms. The molecule has 0 unspecified atom stereocenters. The third-order valence-corrected chi connectivity index (χ3v) is 2.99. The molecule has 0 radical (unpaired) electrons. The van der Waals surface area contributed by atoms with Gasteiger partial charge in [-0.2, -0.15) is 0 Å². The number of hydrogen-bond donors (Lipinski definition) is 0. The summed E-state index contributed by atoms with van der Waals surface area (Å²) in [7, 11) is 0. The van der Waals surface area contributed by atoms with Gasteiger partial charge in [-0.25, -0.2) is 0 Å². The molecule has 3 heteroatoms. The average Bonchev–Trinajstić information content (AvgIpc) is 2.65. The Morgan fingerprint density at radius 1 is 1.21 bits per heavy atom. The summed E-state index contributed by atoms with van der Waals surface area (Å²) in [5.74, 6) is 0. The van der Waals surface area contributed by atoms with Crippen molar-refractivity contribution >= 4 is 23.4 Å². The molecule has 1 heterocycles. The Balaban J connectivity index is 2.49. The Labute approximate surface area is 92.7 Å². The summed E-state index contributed by atoms with van der Waals surface area (Å²) in [5, 5.41) is 1.98. The lowest BCUT2D eigenvalue weighted by atomic mass is 10.3. The van der Waals surface area contributed by atoms with E-state index in [4.69, 9.17) is 11.6 Å². The van der Waals surface area contributed by atoms with E-state index < -0.39 is 0 Å². The minimum Gasteiger partial charge on any atom is -0.312 e. The largest absolute Gasteiger partial charge is 0.312 e. The SMILES string of the molecule is CSc1cccn1-c1cccc(Cl)c1. The summed E-state index contributed by atoms with van der Waals surface area (Å²) in [5.41, 5.74) is 1.10. The van der Waals surface area contributed by atoms with E-state index in [-0.39, 0.29) is 0 Å². The van der Waals surface area contributed by atoms with Gasteiger partial charge < -0.3 is 4.57 Å². The lowest BCUT2D eigenvalue weighted by Gasteiger charge is -2.06. The zero-order valence-corrected chi connectivity index (χ0v) is 9.35. The monoisotopic (exact) mass is 223 g/mol. The smallest absolute Gasteiger partial charge is 0.0791 e. The van der Waals surface area contributed by atoms with Gasteiger partial charge in [-0.3, -0.25) is 0 Å². The van der Waals surface area contributed by atoms with Gasteiger partial charge in [-0.05, 0) is 36.6 Å². The Morgan fingerprint density at radius 2 is 2.07 bits per heavy atom. The Bertz CT molecular complexity index is 436. The molecule has 0 N–H and O–H groups in total. The highest BCUT2D eigenvalue weighted by atomic mass is 35.5. The summed E-state index contributed by atoms with van der Waals surface area (Å²) >= 11 is 7.66. The van der Waals surface area contributed by atoms with Crippen molar-refractivity contribution in [3.63, 3.8) is 0 Å². The van der Waals surface area contributed by atoms with E-state index in [2.05, 4.69) is 16.9 Å². The van der Waals surface area contributed by atoms with Gasteiger partial charge in [-0.1, -0.05) is 17.7 Å². The second-order valence-corrected chi connectivity index (χ2v) is 4.16. The van der Waals surface area contributed by atoms with Crippen molar-refractivity contribution in [3.8, 4) is 5.69 Å². The van der Waals surface area contributed by atoms with Gasteiger partial charge in [-0.15, -0.1) is 11.8 Å². The van der Waals surface area contributed by atoms with E-state index >= 15 is 0 Å². The lowest BCUT2D eigenvalue weighted by Crippen LogP contribution is -1.92. The second-order valence-electron chi connectivity index (χ2n) is 2.90. The molecule has 1 aromatic heterocycles. The molecule has 0 amide bonds. The number of hydrogen-bond acceptors (Lipinski definition) is 1. The highest BCUT2D eigenvalue weighted by Crippen LogP contribution is 2.22. The third-order valence-electron chi connectivity index (χ3n) is 2.01. The fraction of sp³-hybridized carbons (Fsp3) is 0.0909. The molecule has 0 bridgehead atoms. The molecule has 0 aliphatic rings. The van der Waals surface area contributed by atoms with Crippen LogP contribution in [0.5, 0.6) is 0 Å². The number of nitrogens with zero attached hydrogens (tertiary/aromatic N) is 1. The normalized spacial score (nSPS) is 10.4. The van der Waals surface area contributed by atoms with Crippen LogP contribution >= 0.6 is 23.4 Å². The number of aromatic nitrogens is 1. The highest BCUT2D eigenvalue weighted by Gasteiger charge is 2.01. The molecule has 14 heavy (non-hydrogen) atoms. The molecule has 0 aliphatic carbocycles. The molecule has 2 rings (SSSR count). The van der Waals surface area contributed by atoms with Crippen LogP contribution in [-0.2, 0) is 0 Å². The molecule has 0 atom stereocenters. The maximum absolute atomic E-state index is 5.94. The summed E-state index contributed by atoms with van der Waals surface area (Å²) in [4.78, 5) is 0. The Hall–Kier alpha value is -0.860. The zero-order valence-electron chi connectivity index (χ0n) is 7.77. The molecule has 0 aliphatic heterocycles. The van der Waals surface area contributed by atoms with Gasteiger partial charge >= 0.3 is 0 Å². The van der Waals surface area contributed by atoms with E-state index in [9.17, 15) is 0 Å². The maximum atomic E-state index is 5.94. The first-order valence-electron chi connectivity index (χ1n) is 4.28. The minimum absolute atomic E-state index is 0.767. The number of thioether (sulfide) groups is 1. The van der Waals surface area contributed by atoms with Crippen molar-refractivity contribution in [2.75, 3.05) is 6.26 Å². The summed E-state index contributed by atoms with van der Waals surface area (Å²) in [6, 6.07) is 12.0. The van der Waals surface area contributed by atoms with Gasteiger partial charge in [0.2, 0.25) is 0 Å². The maximum Gasteiger partial charge on any atom is 0.0791 e. The predicted octanol–water partition coefficient (Wildman–Crippen LogP) is 3.85. The summed E-state index contributed by atoms with van der Waals surface area (Å²) in [6.45, 7) is 0. The zero-order chi connectivity index (χ0) is 9.97. The van der Waals surface area contributed by atoms with Crippen LogP contribution in [-0.4, -0.2) is 10.8 Å². The molecule has 0 fully saturated rings. The van der Waals surface area contributed by atoms with Crippen molar-refractivity contribution in [2.45, 2.75) is 5.03 Å². The lowest BCUT2D eigenvalue weighted by molar-refractivity contribution is 0.958. The van der Waals surface area contributed by atoms with Crippen molar-refractivity contribution in [1.29, 1.82) is 0 Å². The highest BCUT2D eigenvalue weighted by molar-refractivity contribution is 7.98. The van der Waals surface area contributed by atoms with Gasteiger partial charge in [0.05, 0.1) is 5.03 Å². The van der Waals surface area contributed by atoms with Crippen LogP contribution in [0.15, 0.2) is 47.6 Å². The van der Waals surface area contributed by atoms with Crippen molar-refractivity contribution in [3.05, 3.63) is 47.6 Å². The van der Waals surface area contributed by atoms with Crippen molar-refractivity contribution < 1.29 is 0 Å². The minimum atomic E-state index is 0.767. The van der Waals surface area contributed by atoms with Crippen molar-refractivity contribution in [1.82, 2.24) is 4.57 Å². The second kappa shape index (κ2) is 4.11. The van der Waals surface area contributed by atoms with E-state index in [1.807, 2.05) is 36.5 Å². The number of halogens is 1. The molecule has 72 valence electrons. The van der Waals surface area contributed by atoms with Crippen molar-refractivity contribution in [2.24, 2.45) is 0 Å². The van der Waals surface area contributed by atoms with Crippen LogP contribution in [0.25, 0.3) is 5.69 Å². The third kappa shape index (κ3) is 1.81. The van der Waals surface area contributed by atoms with Crippen LogP contribution in [0, 0.1) is 0 Å². The molecule has 1 nitrogen and oxygen atoms in total. The molecular formula is C11H10ClNS. The Kier molecular flexibility index (Phi) is 2.85. The standard InChI is InChI=1S/C11H10ClNS/c1-14-11-6-3-7-13(11)10-5-2-4-9(12)8-10/h2-8H,1H3. The van der Waals surface area contributed by atoms with Crippen LogP contribution in [0.2, 0.25) is 5.02 Å². The fourth-order valence-electron chi connectivity index (χ4n) is 1.37. The van der Waals surface area contributed by atoms with Crippen LogP contribution in [0.4, 0.5) is 0 Å². The van der Waals surface area contributed by atoms with E-state index in [0.29, 0.717) is 0 Å². The molecule has 2 aromatic rings. The topological polar surface area (TPSA) is 4.93 Å². The van der Waals surface area contributed by atoms with E-state index in [1.54, 1.807) is 11.8 Å². The Morgan fingerprint density at radius 3 is 2.79 bits per heavy atom. The van der Waals surface area contributed by atoms with Crippen LogP contribution < -0.4 is 0 Å². The molecule has 0 saturated carbocycles. The van der Waals surface area contributed by atoms with E-state index in [1.165, 1.54) is 5.03 Å². The fourth-order valence-corrected chi connectivity index (χ4v) is 2.13. The quantitative estimate of drug-likeness (QED) is 0.701. The van der Waals surface area contributed by atoms with Gasteiger partial charge in [0.15, 0.2) is 0 Å². The number of rotatable bonds is 2. The van der Waals surface area contributed by atoms with Gasteiger partial charge in [0, 0.05) is 16.9 Å². The van der Waals surface area contributed by atoms with Crippen LogP contribution in [0.1, 0.15) is 0 Å². The molecular weight excluding hydrogens is 214 g/mol. The summed E-state index contributed by atoms with van der Waals surface area (Å²) < 4.78 is 2.12. The average molecular weight is 224 g/mol.